The van der Waals surface area contributed by atoms with Crippen LogP contribution in [0.3, 0.4) is 0 Å². The standard InChI is InChI=1S/C12H22O.2C6H10O.C6H14.CH2O/c1-4-12(2,3)11-7-5-10(9-13)6-8-11;2*1-2-6-4-3-5(1)7-6;1-5-6(2,3)4;1-2/h9-11H,4-8H2,1-3H3;2*5-6H,1-4H2;5H2,1-4H3;1H2. The van der Waals surface area contributed by atoms with Gasteiger partial charge in [0.25, 0.3) is 0 Å². The van der Waals surface area contributed by atoms with Crippen molar-refractivity contribution in [2.75, 3.05) is 0 Å². The van der Waals surface area contributed by atoms with Gasteiger partial charge >= 0.3 is 0 Å². The highest BCUT2D eigenvalue weighted by atomic mass is 16.5. The van der Waals surface area contributed by atoms with Crippen molar-refractivity contribution in [3.63, 3.8) is 0 Å². The number of carbonyl (C=O) groups is 2. The smallest absolute Gasteiger partial charge is 0.123 e. The number of carbonyl (C=O) groups excluding carboxylic acids is 2. The van der Waals surface area contributed by atoms with Crippen LogP contribution < -0.4 is 0 Å². The highest BCUT2D eigenvalue weighted by molar-refractivity contribution is 5.53. The molecule has 4 nitrogen and oxygen atoms in total. The molecule has 0 aromatic carbocycles. The van der Waals surface area contributed by atoms with Gasteiger partial charge in [0.1, 0.15) is 13.1 Å². The molecule has 5 aliphatic rings. The number of rotatable bonds is 3. The summed E-state index contributed by atoms with van der Waals surface area (Å²) < 4.78 is 10.9. The molecule has 0 unspecified atom stereocenters. The molecule has 0 N–H and O–H groups in total. The average Bonchev–Trinajstić information content (AvgIpc) is 3.70. The molecule has 0 amide bonds. The molecule has 4 heteroatoms. The molecular weight excluding hydrogens is 436 g/mol. The lowest BCUT2D eigenvalue weighted by Gasteiger charge is -2.37. The number of hydrogen-bond acceptors (Lipinski definition) is 4. The van der Waals surface area contributed by atoms with E-state index in [4.69, 9.17) is 14.3 Å². The van der Waals surface area contributed by atoms with E-state index < -0.39 is 0 Å². The van der Waals surface area contributed by atoms with E-state index in [1.165, 1.54) is 77.0 Å². The molecule has 1 aliphatic carbocycles. The van der Waals surface area contributed by atoms with Gasteiger partial charge in [-0.1, -0.05) is 61.3 Å². The molecular formula is C31H58O4. The van der Waals surface area contributed by atoms with Gasteiger partial charge in [-0.3, -0.25) is 0 Å². The van der Waals surface area contributed by atoms with Gasteiger partial charge in [0, 0.05) is 5.92 Å². The van der Waals surface area contributed by atoms with Gasteiger partial charge in [-0.15, -0.1) is 0 Å². The first-order chi connectivity index (χ1) is 16.6. The predicted octanol–water partition coefficient (Wildman–Crippen LogP) is 8.34. The van der Waals surface area contributed by atoms with Gasteiger partial charge < -0.3 is 19.1 Å². The second-order valence-corrected chi connectivity index (χ2v) is 13.1. The Hall–Kier alpha value is -0.740. The summed E-state index contributed by atoms with van der Waals surface area (Å²) in [4.78, 5) is 18.6. The summed E-state index contributed by atoms with van der Waals surface area (Å²) in [5.74, 6) is 1.21. The van der Waals surface area contributed by atoms with Crippen molar-refractivity contribution in [1.29, 1.82) is 0 Å². The highest BCUT2D eigenvalue weighted by Crippen LogP contribution is 2.41. The van der Waals surface area contributed by atoms with Crippen molar-refractivity contribution < 1.29 is 19.1 Å². The van der Waals surface area contributed by atoms with Gasteiger partial charge in [0.15, 0.2) is 0 Å². The highest BCUT2D eigenvalue weighted by Gasteiger charge is 2.33. The summed E-state index contributed by atoms with van der Waals surface area (Å²) in [6.45, 7) is 17.9. The number of aldehydes is 1. The van der Waals surface area contributed by atoms with Gasteiger partial charge in [-0.05, 0) is 93.8 Å². The van der Waals surface area contributed by atoms with E-state index in [0.29, 0.717) is 41.2 Å². The fraction of sp³-hybridized carbons (Fsp3) is 0.935. The Kier molecular flexibility index (Phi) is 14.9. The third-order valence-electron chi connectivity index (χ3n) is 9.05. The summed E-state index contributed by atoms with van der Waals surface area (Å²) in [5.41, 5.74) is 1.02. The Morgan fingerprint density at radius 3 is 1.11 bits per heavy atom. The van der Waals surface area contributed by atoms with Crippen molar-refractivity contribution in [2.24, 2.45) is 22.7 Å². The Balaban J connectivity index is 0.000000239. The third-order valence-corrected chi connectivity index (χ3v) is 9.05. The van der Waals surface area contributed by atoms with Crippen LogP contribution in [0, 0.1) is 22.7 Å². The molecule has 0 spiro atoms. The SMILES string of the molecule is C1CC2CCC1O2.C1CC2CCC1O2.C=O.CCC(C)(C)C.CCC(C)(C)C1CCC(C=O)CC1. The summed E-state index contributed by atoms with van der Waals surface area (Å²) in [7, 11) is 0. The topological polar surface area (TPSA) is 52.6 Å². The lowest BCUT2D eigenvalue weighted by atomic mass is 9.68. The maximum Gasteiger partial charge on any atom is 0.123 e. The minimum absolute atomic E-state index is 0.365. The molecule has 5 rings (SSSR count). The van der Waals surface area contributed by atoms with Crippen molar-refractivity contribution >= 4 is 13.1 Å². The van der Waals surface area contributed by atoms with Crippen LogP contribution in [0.1, 0.15) is 138 Å². The Bertz CT molecular complexity index is 501. The summed E-state index contributed by atoms with van der Waals surface area (Å²) in [6.07, 6.45) is 21.8. The number of ether oxygens (including phenoxy) is 2. The number of hydrogen-bond donors (Lipinski definition) is 0. The molecule has 5 fully saturated rings. The molecule has 4 heterocycles. The molecule has 0 atom stereocenters. The van der Waals surface area contributed by atoms with Crippen molar-refractivity contribution in [2.45, 2.75) is 163 Å². The minimum atomic E-state index is 0.365. The summed E-state index contributed by atoms with van der Waals surface area (Å²) in [5, 5.41) is 0. The molecule has 35 heavy (non-hydrogen) atoms. The zero-order chi connectivity index (χ0) is 26.5. The first-order valence-electron chi connectivity index (χ1n) is 14.6. The molecule has 1 saturated carbocycles. The maximum atomic E-state index is 10.6. The molecule has 0 radical (unpaired) electrons. The lowest BCUT2D eigenvalue weighted by Crippen LogP contribution is -2.28. The second-order valence-electron chi connectivity index (χ2n) is 13.1. The van der Waals surface area contributed by atoms with E-state index in [-0.39, 0.29) is 0 Å². The second kappa shape index (κ2) is 16.2. The quantitative estimate of drug-likeness (QED) is 0.370. The van der Waals surface area contributed by atoms with Gasteiger partial charge in [0.05, 0.1) is 24.4 Å². The zero-order valence-corrected chi connectivity index (χ0v) is 24.3. The van der Waals surface area contributed by atoms with Crippen LogP contribution in [0.25, 0.3) is 0 Å². The molecule has 0 aromatic heterocycles. The number of fused-ring (bicyclic) bond motifs is 4. The first-order valence-corrected chi connectivity index (χ1v) is 14.6. The van der Waals surface area contributed by atoms with Crippen LogP contribution >= 0.6 is 0 Å². The monoisotopic (exact) mass is 494 g/mol. The maximum absolute atomic E-state index is 10.6. The molecule has 4 saturated heterocycles. The van der Waals surface area contributed by atoms with E-state index in [1.54, 1.807) is 0 Å². The van der Waals surface area contributed by atoms with Crippen LogP contribution in [0.5, 0.6) is 0 Å². The lowest BCUT2D eigenvalue weighted by molar-refractivity contribution is -0.112. The van der Waals surface area contributed by atoms with Crippen molar-refractivity contribution in [3.05, 3.63) is 0 Å². The largest absolute Gasteiger partial charge is 0.375 e. The Morgan fingerprint density at radius 2 is 0.943 bits per heavy atom. The van der Waals surface area contributed by atoms with E-state index in [2.05, 4.69) is 48.5 Å². The van der Waals surface area contributed by atoms with Gasteiger partial charge in [0.2, 0.25) is 0 Å². The Labute approximate surface area is 217 Å². The zero-order valence-electron chi connectivity index (χ0n) is 24.3. The van der Waals surface area contributed by atoms with Crippen LogP contribution in [-0.4, -0.2) is 37.5 Å². The normalized spacial score (nSPS) is 32.5. The first kappa shape index (κ1) is 32.3. The summed E-state index contributed by atoms with van der Waals surface area (Å²) in [6, 6.07) is 0. The summed E-state index contributed by atoms with van der Waals surface area (Å²) >= 11 is 0. The van der Waals surface area contributed by atoms with Gasteiger partial charge in [-0.25, -0.2) is 0 Å². The van der Waals surface area contributed by atoms with Crippen LogP contribution in [-0.2, 0) is 19.1 Å². The van der Waals surface area contributed by atoms with Crippen molar-refractivity contribution in [3.8, 4) is 0 Å². The van der Waals surface area contributed by atoms with Crippen LogP contribution in [0.15, 0.2) is 0 Å². The van der Waals surface area contributed by atoms with Crippen molar-refractivity contribution in [1.82, 2.24) is 0 Å². The average molecular weight is 495 g/mol. The van der Waals surface area contributed by atoms with Crippen LogP contribution in [0.4, 0.5) is 0 Å². The van der Waals surface area contributed by atoms with E-state index in [1.807, 2.05) is 6.79 Å². The van der Waals surface area contributed by atoms with E-state index in [9.17, 15) is 4.79 Å². The van der Waals surface area contributed by atoms with Crippen LogP contribution in [0.2, 0.25) is 0 Å². The minimum Gasteiger partial charge on any atom is -0.375 e. The fourth-order valence-electron chi connectivity index (χ4n) is 5.48. The Morgan fingerprint density at radius 1 is 0.629 bits per heavy atom. The molecule has 4 bridgehead atoms. The molecule has 0 aromatic rings. The van der Waals surface area contributed by atoms with Gasteiger partial charge in [-0.2, -0.15) is 0 Å². The third kappa shape index (κ3) is 12.4. The predicted molar refractivity (Wildman–Crippen MR) is 147 cm³/mol. The van der Waals surface area contributed by atoms with E-state index >= 15 is 0 Å². The fourth-order valence-corrected chi connectivity index (χ4v) is 5.48. The molecule has 206 valence electrons. The van der Waals surface area contributed by atoms with E-state index in [0.717, 1.165) is 25.0 Å². The molecule has 4 aliphatic heterocycles.